The van der Waals surface area contributed by atoms with E-state index in [2.05, 4.69) is 53.0 Å². The molecule has 284 valence electrons. The Morgan fingerprint density at radius 3 is 1.39 bits per heavy atom. The highest BCUT2D eigenvalue weighted by Crippen LogP contribution is 2.72. The highest BCUT2D eigenvalue weighted by Gasteiger charge is 2.69. The Bertz CT molecular complexity index is 1290. The van der Waals surface area contributed by atoms with E-state index >= 15 is 0 Å². The fourth-order valence-corrected chi connectivity index (χ4v) is 17.4. The molecule has 0 spiro atoms. The zero-order valence-corrected chi connectivity index (χ0v) is 32.5. The quantitative estimate of drug-likeness (QED) is 0.246. The van der Waals surface area contributed by atoms with Gasteiger partial charge in [0.2, 0.25) is 0 Å². The van der Waals surface area contributed by atoms with Gasteiger partial charge in [0, 0.05) is 0 Å². The highest BCUT2D eigenvalue weighted by molar-refractivity contribution is 5.76. The average molecular weight is 703 g/mol. The third-order valence-corrected chi connectivity index (χ3v) is 19.3. The van der Waals surface area contributed by atoms with Crippen LogP contribution in [-0.4, -0.2) is 34.4 Å². The van der Waals surface area contributed by atoms with Crippen molar-refractivity contribution >= 4 is 11.9 Å². The molecule has 0 aromatic heterocycles. The smallest absolute Gasteiger partial charge is 0.310 e. The number of rotatable bonds is 8. The number of fused-ring (bicyclic) bond motifs is 10. The normalized spacial score (nSPS) is 52.8. The summed E-state index contributed by atoms with van der Waals surface area (Å²) in [5.74, 6) is 3.61. The summed E-state index contributed by atoms with van der Waals surface area (Å²) in [5.41, 5.74) is -0.813. The molecule has 0 amide bonds. The minimum atomic E-state index is -0.525. The van der Waals surface area contributed by atoms with Crippen molar-refractivity contribution in [2.45, 2.75) is 155 Å². The van der Waals surface area contributed by atoms with Gasteiger partial charge in [-0.25, -0.2) is 0 Å². The summed E-state index contributed by atoms with van der Waals surface area (Å²) in [6.07, 6.45) is 24.0. The molecule has 0 aromatic rings. The van der Waals surface area contributed by atoms with Gasteiger partial charge in [0.15, 0.2) is 0 Å². The highest BCUT2D eigenvalue weighted by atomic mass is 16.5. The summed E-state index contributed by atoms with van der Waals surface area (Å²) in [5, 5.41) is 21.9. The van der Waals surface area contributed by atoms with Crippen LogP contribution in [0.25, 0.3) is 0 Å². The molecule has 8 aliphatic carbocycles. The number of hydrogen-bond acceptors (Lipinski definition) is 3. The van der Waals surface area contributed by atoms with Crippen LogP contribution in [0.1, 0.15) is 143 Å². The first-order valence-corrected chi connectivity index (χ1v) is 21.8. The van der Waals surface area contributed by atoms with Crippen LogP contribution in [0.5, 0.6) is 0 Å². The van der Waals surface area contributed by atoms with E-state index in [1.807, 2.05) is 0 Å². The second kappa shape index (κ2) is 13.0. The molecule has 0 aromatic carbocycles. The van der Waals surface area contributed by atoms with Crippen LogP contribution in [0.15, 0.2) is 25.3 Å². The van der Waals surface area contributed by atoms with Crippen LogP contribution in [0, 0.1) is 92.7 Å². The van der Waals surface area contributed by atoms with Crippen LogP contribution < -0.4 is 0 Å². The van der Waals surface area contributed by atoms with Gasteiger partial charge in [-0.05, 0) is 172 Å². The van der Waals surface area contributed by atoms with Gasteiger partial charge in [0.1, 0.15) is 0 Å². The minimum absolute atomic E-state index is 0.119. The number of aliphatic carboxylic acids is 2. The summed E-state index contributed by atoms with van der Waals surface area (Å²) in [6.45, 7) is 18.5. The van der Waals surface area contributed by atoms with Crippen LogP contribution >= 0.6 is 0 Å². The van der Waals surface area contributed by atoms with Crippen molar-refractivity contribution in [3.05, 3.63) is 25.3 Å². The Labute approximate surface area is 309 Å². The summed E-state index contributed by atoms with van der Waals surface area (Å²) >= 11 is 0. The van der Waals surface area contributed by atoms with Gasteiger partial charge in [-0.15, -0.1) is 13.2 Å². The van der Waals surface area contributed by atoms with Crippen molar-refractivity contribution < 1.29 is 24.5 Å². The molecular formula is C46H70O5. The van der Waals surface area contributed by atoms with Gasteiger partial charge in [0.25, 0.3) is 0 Å². The molecule has 0 bridgehead atoms. The zero-order chi connectivity index (χ0) is 36.1. The molecule has 4 unspecified atom stereocenters. The first-order chi connectivity index (χ1) is 24.4. The lowest BCUT2D eigenvalue weighted by Crippen LogP contribution is -2.57. The van der Waals surface area contributed by atoms with Crippen molar-refractivity contribution in [2.75, 3.05) is 0 Å². The summed E-state index contributed by atoms with van der Waals surface area (Å²) < 4.78 is 7.75. The Morgan fingerprint density at radius 2 is 1.02 bits per heavy atom. The Balaban J connectivity index is 1.11. The molecule has 8 aliphatic rings. The lowest BCUT2D eigenvalue weighted by Gasteiger charge is -2.59. The van der Waals surface area contributed by atoms with Gasteiger partial charge in [-0.1, -0.05) is 65.5 Å². The van der Waals surface area contributed by atoms with Crippen molar-refractivity contribution in [1.82, 2.24) is 0 Å². The lowest BCUT2D eigenvalue weighted by atomic mass is 9.44. The fraction of sp³-hybridized carbons (Fsp3) is 0.870. The standard InChI is InChI=1S/C46H70O5/c1-7-27(3)39-37(25-35-31-17-15-29-13-9-11-21-45(29,41(47)48)33(31)19-23-43(35,39)5)51-38-26-36-32-18-16-30-14-10-12-22-46(30,42(49)50)34(32)20-24-44(36,6)40(38)28(4)8-2/h7-8,27-40H,1-2,9-26H2,3-6H3,(H,47,48)(H,49,50)/t27-,28-,29?,30?,31-,32-,33+,34+,35+,36+,37?,38?,39+,40+,43+,44+,45-,46-/m1/s1. The summed E-state index contributed by atoms with van der Waals surface area (Å²) in [6, 6.07) is 0. The molecule has 0 heterocycles. The second-order valence-electron chi connectivity index (χ2n) is 20.5. The summed E-state index contributed by atoms with van der Waals surface area (Å²) in [7, 11) is 0. The molecule has 5 heteroatoms. The van der Waals surface area contributed by atoms with Gasteiger partial charge in [0.05, 0.1) is 23.0 Å². The maximum Gasteiger partial charge on any atom is 0.310 e. The first kappa shape index (κ1) is 36.4. The molecule has 0 radical (unpaired) electrons. The molecular weight excluding hydrogens is 633 g/mol. The van der Waals surface area contributed by atoms with Gasteiger partial charge < -0.3 is 14.9 Å². The van der Waals surface area contributed by atoms with E-state index in [1.165, 1.54) is 25.7 Å². The molecule has 8 fully saturated rings. The van der Waals surface area contributed by atoms with E-state index < -0.39 is 22.8 Å². The van der Waals surface area contributed by atoms with Crippen molar-refractivity contribution in [2.24, 2.45) is 92.7 Å². The number of hydrogen-bond donors (Lipinski definition) is 2. The summed E-state index contributed by atoms with van der Waals surface area (Å²) in [4.78, 5) is 26.6. The van der Waals surface area contributed by atoms with Crippen LogP contribution in [-0.2, 0) is 14.3 Å². The minimum Gasteiger partial charge on any atom is -0.481 e. The Morgan fingerprint density at radius 1 is 0.608 bits per heavy atom. The fourth-order valence-electron chi connectivity index (χ4n) is 17.4. The number of ether oxygens (including phenoxy) is 1. The topological polar surface area (TPSA) is 83.8 Å². The predicted octanol–water partition coefficient (Wildman–Crippen LogP) is 10.8. The monoisotopic (exact) mass is 703 g/mol. The zero-order valence-electron chi connectivity index (χ0n) is 32.5. The number of carboxylic acids is 2. The van der Waals surface area contributed by atoms with Crippen molar-refractivity contribution in [1.29, 1.82) is 0 Å². The second-order valence-corrected chi connectivity index (χ2v) is 20.5. The number of allylic oxidation sites excluding steroid dienone is 2. The Kier molecular flexibility index (Phi) is 9.27. The number of carbonyl (C=O) groups is 2. The van der Waals surface area contributed by atoms with Crippen LogP contribution in [0.4, 0.5) is 0 Å². The molecule has 51 heavy (non-hydrogen) atoms. The third kappa shape index (κ3) is 4.99. The van der Waals surface area contributed by atoms with Crippen LogP contribution in [0.2, 0.25) is 0 Å². The predicted molar refractivity (Wildman–Crippen MR) is 202 cm³/mol. The first-order valence-electron chi connectivity index (χ1n) is 21.8. The largest absolute Gasteiger partial charge is 0.481 e. The Hall–Kier alpha value is -1.62. The maximum atomic E-state index is 13.3. The van der Waals surface area contributed by atoms with E-state index in [1.54, 1.807) is 0 Å². The molecule has 0 saturated heterocycles. The van der Waals surface area contributed by atoms with Crippen molar-refractivity contribution in [3.63, 3.8) is 0 Å². The molecule has 0 aliphatic heterocycles. The molecule has 8 saturated carbocycles. The lowest BCUT2D eigenvalue weighted by molar-refractivity contribution is -0.180. The average Bonchev–Trinajstić information content (AvgIpc) is 3.60. The van der Waals surface area contributed by atoms with E-state index in [0.717, 1.165) is 89.9 Å². The SMILES string of the molecule is C=C[C@@H](C)[C@H]1C(OC2C[C@H]3[C@@H]4CCC5CCCC[C@]5(C(=O)O)[C@H]4CC[C@]3(C)[C@H]2[C@H](C)C=C)C[C@H]2[C@@H]3CCC4CCCC[C@]4(C(=O)O)[C@H]3CC[C@]12C. The third-order valence-electron chi connectivity index (χ3n) is 19.3. The molecule has 5 nitrogen and oxygen atoms in total. The number of carboxylic acid groups (broad SMARTS) is 2. The maximum absolute atomic E-state index is 13.3. The molecule has 2 N–H and O–H groups in total. The van der Waals surface area contributed by atoms with E-state index in [-0.39, 0.29) is 23.0 Å². The van der Waals surface area contributed by atoms with Gasteiger partial charge >= 0.3 is 11.9 Å². The van der Waals surface area contributed by atoms with E-state index in [9.17, 15) is 19.8 Å². The molecule has 8 rings (SSSR count). The van der Waals surface area contributed by atoms with Gasteiger partial charge in [-0.2, -0.15) is 0 Å². The van der Waals surface area contributed by atoms with Crippen molar-refractivity contribution in [3.8, 4) is 0 Å². The molecule has 18 atom stereocenters. The van der Waals surface area contributed by atoms with Gasteiger partial charge in [-0.3, -0.25) is 9.59 Å². The van der Waals surface area contributed by atoms with E-state index in [0.29, 0.717) is 71.0 Å². The van der Waals surface area contributed by atoms with Crippen LogP contribution in [0.3, 0.4) is 0 Å². The van der Waals surface area contributed by atoms with E-state index in [4.69, 9.17) is 4.74 Å².